The van der Waals surface area contributed by atoms with Gasteiger partial charge in [0.25, 0.3) is 5.24 Å². The third-order valence-electron chi connectivity index (χ3n) is 3.64. The maximum atomic E-state index is 11.6. The molecule has 0 radical (unpaired) electrons. The molecule has 1 aromatic carbocycles. The highest BCUT2D eigenvalue weighted by Gasteiger charge is 2.31. The molecule has 0 saturated carbocycles. The zero-order valence-electron chi connectivity index (χ0n) is 13.3. The summed E-state index contributed by atoms with van der Waals surface area (Å²) < 4.78 is 5.74. The third kappa shape index (κ3) is 4.36. The van der Waals surface area contributed by atoms with Crippen LogP contribution >= 0.6 is 23.1 Å². The number of rotatable bonds is 7. The molecule has 1 aromatic heterocycles. The molecule has 1 atom stereocenters. The number of thioether (sulfide) groups is 1. The molecular formula is C17H18N2O3S2. The third-order valence-corrected chi connectivity index (χ3v) is 5.66. The summed E-state index contributed by atoms with van der Waals surface area (Å²) in [5.41, 5.74) is 2.08. The summed E-state index contributed by atoms with van der Waals surface area (Å²) in [5, 5.41) is 4.94. The number of nitrogens with one attached hydrogen (secondary N) is 1. The summed E-state index contributed by atoms with van der Waals surface area (Å²) in [6, 6.07) is 7.66. The van der Waals surface area contributed by atoms with Crippen LogP contribution in [0.4, 0.5) is 4.79 Å². The van der Waals surface area contributed by atoms with Crippen molar-refractivity contribution in [3.05, 3.63) is 45.9 Å². The minimum Gasteiger partial charge on any atom is -0.493 e. The molecule has 24 heavy (non-hydrogen) atoms. The standard InChI is InChI=1S/C17H18N2O3S2/c1-2-15-18-12(10-23-15)7-8-22-13-5-3-11(4-6-13)9-14-16(20)19-17(21)24-14/h3-6,10,14H,2,7-9H2,1H3,(H,19,20,21). The molecule has 1 aliphatic heterocycles. The van der Waals surface area contributed by atoms with Crippen LogP contribution in [0.2, 0.25) is 0 Å². The zero-order valence-corrected chi connectivity index (χ0v) is 14.9. The van der Waals surface area contributed by atoms with Crippen molar-refractivity contribution in [1.82, 2.24) is 10.3 Å². The Hall–Kier alpha value is -1.86. The van der Waals surface area contributed by atoms with Crippen molar-refractivity contribution < 1.29 is 14.3 Å². The SMILES string of the molecule is CCc1nc(CCOc2ccc(CC3SC(=O)NC3=O)cc2)cs1. The van der Waals surface area contributed by atoms with Crippen molar-refractivity contribution in [1.29, 1.82) is 0 Å². The van der Waals surface area contributed by atoms with E-state index in [2.05, 4.69) is 22.6 Å². The van der Waals surface area contributed by atoms with Gasteiger partial charge < -0.3 is 4.74 Å². The van der Waals surface area contributed by atoms with Crippen LogP contribution in [0, 0.1) is 0 Å². The number of aryl methyl sites for hydroxylation is 1. The van der Waals surface area contributed by atoms with Gasteiger partial charge in [-0.2, -0.15) is 0 Å². The van der Waals surface area contributed by atoms with Gasteiger partial charge in [0.2, 0.25) is 5.91 Å². The molecule has 2 aromatic rings. The van der Waals surface area contributed by atoms with Crippen LogP contribution in [0.5, 0.6) is 5.75 Å². The van der Waals surface area contributed by atoms with Gasteiger partial charge in [0.1, 0.15) is 5.75 Å². The van der Waals surface area contributed by atoms with Crippen molar-refractivity contribution in [2.24, 2.45) is 0 Å². The van der Waals surface area contributed by atoms with E-state index in [9.17, 15) is 9.59 Å². The number of hydrogen-bond acceptors (Lipinski definition) is 6. The fourth-order valence-corrected chi connectivity index (χ4v) is 4.00. The van der Waals surface area contributed by atoms with Crippen molar-refractivity contribution in [2.45, 2.75) is 31.4 Å². The van der Waals surface area contributed by atoms with E-state index in [4.69, 9.17) is 4.74 Å². The first-order valence-corrected chi connectivity index (χ1v) is 9.56. The number of ether oxygens (including phenoxy) is 1. The Morgan fingerprint density at radius 3 is 2.67 bits per heavy atom. The van der Waals surface area contributed by atoms with Gasteiger partial charge in [-0.15, -0.1) is 11.3 Å². The lowest BCUT2D eigenvalue weighted by atomic mass is 10.1. The predicted octanol–water partition coefficient (Wildman–Crippen LogP) is 3.22. The van der Waals surface area contributed by atoms with Gasteiger partial charge in [-0.25, -0.2) is 4.98 Å². The van der Waals surface area contributed by atoms with E-state index in [-0.39, 0.29) is 16.4 Å². The minimum atomic E-state index is -0.332. The summed E-state index contributed by atoms with van der Waals surface area (Å²) >= 11 is 2.74. The first-order valence-electron chi connectivity index (χ1n) is 7.80. The molecule has 0 aliphatic carbocycles. The van der Waals surface area contributed by atoms with E-state index in [1.165, 1.54) is 0 Å². The molecule has 0 bridgehead atoms. The van der Waals surface area contributed by atoms with Crippen molar-refractivity contribution in [2.75, 3.05) is 6.61 Å². The Kier molecular flexibility index (Phi) is 5.52. The van der Waals surface area contributed by atoms with Crippen LogP contribution in [-0.4, -0.2) is 28.0 Å². The maximum absolute atomic E-state index is 11.6. The number of amides is 2. The number of imide groups is 1. The highest BCUT2D eigenvalue weighted by atomic mass is 32.2. The molecule has 1 aliphatic rings. The molecular weight excluding hydrogens is 344 g/mol. The van der Waals surface area contributed by atoms with Crippen molar-refractivity contribution in [3.63, 3.8) is 0 Å². The topological polar surface area (TPSA) is 68.3 Å². The van der Waals surface area contributed by atoms with Gasteiger partial charge in [0, 0.05) is 11.8 Å². The number of aromatic nitrogens is 1. The first-order chi connectivity index (χ1) is 11.6. The Morgan fingerprint density at radius 2 is 2.04 bits per heavy atom. The maximum Gasteiger partial charge on any atom is 0.286 e. The highest BCUT2D eigenvalue weighted by Crippen LogP contribution is 2.24. The number of carbonyl (C=O) groups excluding carboxylic acids is 2. The minimum absolute atomic E-state index is 0.208. The second-order valence-corrected chi connectivity index (χ2v) is 7.53. The summed E-state index contributed by atoms with van der Waals surface area (Å²) in [6.07, 6.45) is 2.30. The lowest BCUT2D eigenvalue weighted by Gasteiger charge is -2.08. The summed E-state index contributed by atoms with van der Waals surface area (Å²) in [7, 11) is 0. The smallest absolute Gasteiger partial charge is 0.286 e. The Labute approximate surface area is 148 Å². The molecule has 1 fully saturated rings. The molecule has 1 unspecified atom stereocenters. The average Bonchev–Trinajstić information content (AvgIpc) is 3.15. The van der Waals surface area contributed by atoms with E-state index in [0.29, 0.717) is 13.0 Å². The van der Waals surface area contributed by atoms with Crippen LogP contribution < -0.4 is 10.1 Å². The molecule has 0 spiro atoms. The quantitative estimate of drug-likeness (QED) is 0.819. The Morgan fingerprint density at radius 1 is 1.25 bits per heavy atom. The lowest BCUT2D eigenvalue weighted by Crippen LogP contribution is -2.25. The zero-order chi connectivity index (χ0) is 16.9. The number of nitrogens with zero attached hydrogens (tertiary/aromatic N) is 1. The van der Waals surface area contributed by atoms with E-state index < -0.39 is 0 Å². The summed E-state index contributed by atoms with van der Waals surface area (Å²) in [4.78, 5) is 27.3. The number of benzene rings is 1. The number of carbonyl (C=O) groups is 2. The van der Waals surface area contributed by atoms with Crippen LogP contribution in [-0.2, 0) is 24.1 Å². The van der Waals surface area contributed by atoms with E-state index in [1.807, 2.05) is 24.3 Å². The van der Waals surface area contributed by atoms with E-state index >= 15 is 0 Å². The van der Waals surface area contributed by atoms with E-state index in [1.54, 1.807) is 11.3 Å². The van der Waals surface area contributed by atoms with Gasteiger partial charge in [0.05, 0.1) is 22.6 Å². The molecule has 5 nitrogen and oxygen atoms in total. The fourth-order valence-electron chi connectivity index (χ4n) is 2.36. The average molecular weight is 362 g/mol. The molecule has 3 rings (SSSR count). The van der Waals surface area contributed by atoms with Crippen LogP contribution in [0.15, 0.2) is 29.6 Å². The van der Waals surface area contributed by atoms with Gasteiger partial charge in [0.15, 0.2) is 0 Å². The second-order valence-electron chi connectivity index (χ2n) is 5.42. The monoisotopic (exact) mass is 362 g/mol. The lowest BCUT2D eigenvalue weighted by molar-refractivity contribution is -0.118. The fraction of sp³-hybridized carbons (Fsp3) is 0.353. The highest BCUT2D eigenvalue weighted by molar-refractivity contribution is 8.15. The Balaban J connectivity index is 1.47. The largest absolute Gasteiger partial charge is 0.493 e. The van der Waals surface area contributed by atoms with Gasteiger partial charge in [-0.3, -0.25) is 14.9 Å². The van der Waals surface area contributed by atoms with E-state index in [0.717, 1.165) is 46.6 Å². The molecule has 126 valence electrons. The molecule has 1 N–H and O–H groups in total. The van der Waals surface area contributed by atoms with Crippen molar-refractivity contribution in [3.8, 4) is 5.75 Å². The second kappa shape index (κ2) is 7.81. The molecule has 2 heterocycles. The predicted molar refractivity (Wildman–Crippen MR) is 95.8 cm³/mol. The van der Waals surface area contributed by atoms with Gasteiger partial charge in [-0.1, -0.05) is 30.8 Å². The normalized spacial score (nSPS) is 17.1. The Bertz CT molecular complexity index is 728. The molecule has 7 heteroatoms. The van der Waals surface area contributed by atoms with Crippen LogP contribution in [0.25, 0.3) is 0 Å². The van der Waals surface area contributed by atoms with Crippen molar-refractivity contribution >= 4 is 34.2 Å². The van der Waals surface area contributed by atoms with Gasteiger partial charge in [-0.05, 0) is 30.5 Å². The van der Waals surface area contributed by atoms with Crippen LogP contribution in [0.3, 0.4) is 0 Å². The number of thiazole rings is 1. The van der Waals surface area contributed by atoms with Gasteiger partial charge >= 0.3 is 0 Å². The summed E-state index contributed by atoms with van der Waals surface area (Å²) in [5.74, 6) is 0.587. The first kappa shape index (κ1) is 17.0. The van der Waals surface area contributed by atoms with Crippen LogP contribution in [0.1, 0.15) is 23.2 Å². The number of hydrogen-bond donors (Lipinski definition) is 1. The summed E-state index contributed by atoms with van der Waals surface area (Å²) in [6.45, 7) is 2.69. The molecule has 1 saturated heterocycles. The molecule has 2 amide bonds.